The number of nitrogens with two attached hydrogens (primary N) is 1. The molecule has 0 aromatic heterocycles. The van der Waals surface area contributed by atoms with Gasteiger partial charge in [-0.2, -0.15) is 0 Å². The fourth-order valence-electron chi connectivity index (χ4n) is 1.69. The summed E-state index contributed by atoms with van der Waals surface area (Å²) < 4.78 is 5.51. The Bertz CT molecular complexity index is 314. The Balaban J connectivity index is 0.000000980. The predicted molar refractivity (Wildman–Crippen MR) is 60.2 cm³/mol. The third-order valence-electron chi connectivity index (χ3n) is 2.47. The van der Waals surface area contributed by atoms with Gasteiger partial charge in [0.1, 0.15) is 12.4 Å². The molecule has 0 saturated carbocycles. The van der Waals surface area contributed by atoms with Gasteiger partial charge in [0.2, 0.25) is 0 Å². The van der Waals surface area contributed by atoms with Crippen LogP contribution in [0.3, 0.4) is 0 Å². The lowest BCUT2D eigenvalue weighted by Gasteiger charge is -2.22. The van der Waals surface area contributed by atoms with E-state index < -0.39 is 0 Å². The van der Waals surface area contributed by atoms with Crippen molar-refractivity contribution in [2.24, 2.45) is 5.73 Å². The Labute approximate surface area is 90.9 Å². The zero-order valence-corrected chi connectivity index (χ0v) is 9.14. The van der Waals surface area contributed by atoms with Gasteiger partial charge >= 0.3 is 0 Å². The van der Waals surface area contributed by atoms with Crippen molar-refractivity contribution >= 4 is 12.4 Å². The molecule has 1 aliphatic rings. The molecule has 0 fully saturated rings. The molecular formula is C11H16ClNO. The Morgan fingerprint density at radius 3 is 3.00 bits per heavy atom. The van der Waals surface area contributed by atoms with Crippen LogP contribution in [0.2, 0.25) is 0 Å². The van der Waals surface area contributed by atoms with Gasteiger partial charge in [0, 0.05) is 6.04 Å². The molecule has 0 bridgehead atoms. The molecule has 78 valence electrons. The molecule has 1 aliphatic heterocycles. The second-order valence-electron chi connectivity index (χ2n) is 3.57. The van der Waals surface area contributed by atoms with Crippen molar-refractivity contribution < 1.29 is 4.74 Å². The van der Waals surface area contributed by atoms with Gasteiger partial charge in [0.05, 0.1) is 0 Å². The van der Waals surface area contributed by atoms with Crippen molar-refractivity contribution in [1.29, 1.82) is 0 Å². The van der Waals surface area contributed by atoms with Crippen LogP contribution in [0.1, 0.15) is 18.1 Å². The molecule has 0 spiro atoms. The highest BCUT2D eigenvalue weighted by atomic mass is 35.5. The van der Waals surface area contributed by atoms with Crippen molar-refractivity contribution in [3.05, 3.63) is 29.3 Å². The molecule has 2 N–H and O–H groups in total. The number of hydrogen-bond acceptors (Lipinski definition) is 2. The Kier molecular flexibility index (Phi) is 3.78. The summed E-state index contributed by atoms with van der Waals surface area (Å²) in [5.74, 6) is 1.01. The third kappa shape index (κ3) is 2.20. The first-order chi connectivity index (χ1) is 6.29. The van der Waals surface area contributed by atoms with Gasteiger partial charge in [-0.15, -0.1) is 12.4 Å². The number of fused-ring (bicyclic) bond motifs is 1. The molecule has 2 nitrogen and oxygen atoms in total. The molecule has 1 aromatic rings. The predicted octanol–water partition coefficient (Wildman–Crippen LogP) is 1.93. The van der Waals surface area contributed by atoms with Crippen LogP contribution in [-0.2, 0) is 12.8 Å². The van der Waals surface area contributed by atoms with E-state index in [9.17, 15) is 0 Å². The summed E-state index contributed by atoms with van der Waals surface area (Å²) in [6, 6.07) is 6.55. The van der Waals surface area contributed by atoms with E-state index in [1.807, 2.05) is 0 Å². The van der Waals surface area contributed by atoms with E-state index in [-0.39, 0.29) is 18.4 Å². The zero-order chi connectivity index (χ0) is 9.26. The molecule has 1 aromatic carbocycles. The first-order valence-electron chi connectivity index (χ1n) is 4.79. The summed E-state index contributed by atoms with van der Waals surface area (Å²) in [5, 5.41) is 0. The number of aryl methyl sites for hydroxylation is 1. The number of hydrogen-bond donors (Lipinski definition) is 1. The van der Waals surface area contributed by atoms with Gasteiger partial charge in [0.25, 0.3) is 0 Å². The van der Waals surface area contributed by atoms with Gasteiger partial charge in [-0.1, -0.05) is 19.1 Å². The maximum Gasteiger partial charge on any atom is 0.122 e. The molecule has 3 heteroatoms. The highest BCUT2D eigenvalue weighted by Gasteiger charge is 2.16. The summed E-state index contributed by atoms with van der Waals surface area (Å²) >= 11 is 0. The third-order valence-corrected chi connectivity index (χ3v) is 2.47. The van der Waals surface area contributed by atoms with Gasteiger partial charge in [-0.05, 0) is 30.0 Å². The lowest BCUT2D eigenvalue weighted by Crippen LogP contribution is -2.33. The quantitative estimate of drug-likeness (QED) is 0.774. The smallest absolute Gasteiger partial charge is 0.122 e. The standard InChI is InChI=1S/C11H15NO.ClH/c1-2-8-3-4-11-9(5-8)6-10(12)7-13-11;/h3-5,10H,2,6-7,12H2,1H3;1H. The molecule has 0 saturated heterocycles. The minimum atomic E-state index is 0. The van der Waals surface area contributed by atoms with Crippen molar-refractivity contribution in [1.82, 2.24) is 0 Å². The maximum absolute atomic E-state index is 5.82. The van der Waals surface area contributed by atoms with Crippen molar-refractivity contribution in [2.45, 2.75) is 25.8 Å². The molecule has 0 aliphatic carbocycles. The summed E-state index contributed by atoms with van der Waals surface area (Å²) in [7, 11) is 0. The van der Waals surface area contributed by atoms with Crippen molar-refractivity contribution in [3.63, 3.8) is 0 Å². The summed E-state index contributed by atoms with van der Waals surface area (Å²) in [5.41, 5.74) is 8.44. The average molecular weight is 214 g/mol. The normalized spacial score (nSPS) is 19.1. The summed E-state index contributed by atoms with van der Waals surface area (Å²) in [4.78, 5) is 0. The number of rotatable bonds is 1. The Morgan fingerprint density at radius 1 is 1.50 bits per heavy atom. The molecule has 2 rings (SSSR count). The monoisotopic (exact) mass is 213 g/mol. The SMILES string of the molecule is CCc1ccc2c(c1)CC(N)CO2.Cl. The molecule has 0 radical (unpaired) electrons. The topological polar surface area (TPSA) is 35.2 Å². The highest BCUT2D eigenvalue weighted by Crippen LogP contribution is 2.25. The number of ether oxygens (including phenoxy) is 1. The van der Waals surface area contributed by atoms with Gasteiger partial charge in [0.15, 0.2) is 0 Å². The Hall–Kier alpha value is -0.730. The van der Waals surface area contributed by atoms with Gasteiger partial charge < -0.3 is 10.5 Å². The van der Waals surface area contributed by atoms with Crippen molar-refractivity contribution in [3.8, 4) is 5.75 Å². The average Bonchev–Trinajstić information content (AvgIpc) is 2.16. The molecule has 1 unspecified atom stereocenters. The highest BCUT2D eigenvalue weighted by molar-refractivity contribution is 5.85. The first kappa shape index (κ1) is 11.3. The molecule has 1 atom stereocenters. The first-order valence-corrected chi connectivity index (χ1v) is 4.79. The van der Waals surface area contributed by atoms with Crippen LogP contribution in [0.15, 0.2) is 18.2 Å². The van der Waals surface area contributed by atoms with Crippen LogP contribution in [-0.4, -0.2) is 12.6 Å². The van der Waals surface area contributed by atoms with Crippen LogP contribution in [0.5, 0.6) is 5.75 Å². The van der Waals surface area contributed by atoms with Gasteiger partial charge in [-0.25, -0.2) is 0 Å². The van der Waals surface area contributed by atoms with Crippen LogP contribution >= 0.6 is 12.4 Å². The fourth-order valence-corrected chi connectivity index (χ4v) is 1.69. The molecular weight excluding hydrogens is 198 g/mol. The minimum Gasteiger partial charge on any atom is -0.492 e. The molecule has 14 heavy (non-hydrogen) atoms. The number of halogens is 1. The van der Waals surface area contributed by atoms with E-state index in [0.717, 1.165) is 18.6 Å². The van der Waals surface area contributed by atoms with Crippen LogP contribution in [0.4, 0.5) is 0 Å². The van der Waals surface area contributed by atoms with Crippen LogP contribution in [0, 0.1) is 0 Å². The lowest BCUT2D eigenvalue weighted by molar-refractivity contribution is 0.263. The maximum atomic E-state index is 5.82. The summed E-state index contributed by atoms with van der Waals surface area (Å²) in [6.45, 7) is 2.81. The van der Waals surface area contributed by atoms with Gasteiger partial charge in [-0.3, -0.25) is 0 Å². The second kappa shape index (κ2) is 4.67. The van der Waals surface area contributed by atoms with E-state index in [2.05, 4.69) is 25.1 Å². The van der Waals surface area contributed by atoms with E-state index in [4.69, 9.17) is 10.5 Å². The van der Waals surface area contributed by atoms with Crippen LogP contribution < -0.4 is 10.5 Å². The summed E-state index contributed by atoms with van der Waals surface area (Å²) in [6.07, 6.45) is 2.02. The Morgan fingerprint density at radius 2 is 2.29 bits per heavy atom. The molecule has 1 heterocycles. The largest absolute Gasteiger partial charge is 0.492 e. The van der Waals surface area contributed by atoms with E-state index >= 15 is 0 Å². The van der Waals surface area contributed by atoms with E-state index in [0.29, 0.717) is 6.61 Å². The second-order valence-corrected chi connectivity index (χ2v) is 3.57. The van der Waals surface area contributed by atoms with Crippen LogP contribution in [0.25, 0.3) is 0 Å². The molecule has 0 amide bonds. The lowest BCUT2D eigenvalue weighted by atomic mass is 10.00. The number of benzene rings is 1. The van der Waals surface area contributed by atoms with E-state index in [1.165, 1.54) is 11.1 Å². The zero-order valence-electron chi connectivity index (χ0n) is 8.32. The minimum absolute atomic E-state index is 0. The van der Waals surface area contributed by atoms with Crippen molar-refractivity contribution in [2.75, 3.05) is 6.61 Å². The fraction of sp³-hybridized carbons (Fsp3) is 0.455. The van der Waals surface area contributed by atoms with E-state index in [1.54, 1.807) is 0 Å².